The summed E-state index contributed by atoms with van der Waals surface area (Å²) >= 11 is 0. The molecular weight excluding hydrogens is 344 g/mol. The van der Waals surface area contributed by atoms with Crippen molar-refractivity contribution < 1.29 is 28.7 Å². The third kappa shape index (κ3) is 4.12. The van der Waals surface area contributed by atoms with Crippen LogP contribution in [0.4, 0.5) is 0 Å². The molecular formula is C21H28N2O4+2. The van der Waals surface area contributed by atoms with Crippen LogP contribution in [0.3, 0.4) is 0 Å². The highest BCUT2D eigenvalue weighted by Gasteiger charge is 2.25. The van der Waals surface area contributed by atoms with Gasteiger partial charge in [-0.3, -0.25) is 0 Å². The lowest BCUT2D eigenvalue weighted by Crippen LogP contribution is -3.27. The van der Waals surface area contributed by atoms with E-state index in [0.29, 0.717) is 0 Å². The molecule has 1 saturated heterocycles. The van der Waals surface area contributed by atoms with Crippen molar-refractivity contribution in [1.29, 1.82) is 0 Å². The minimum absolute atomic E-state index is 0.273. The predicted molar refractivity (Wildman–Crippen MR) is 101 cm³/mol. The third-order valence-electron chi connectivity index (χ3n) is 5.45. The fourth-order valence-corrected chi connectivity index (χ4v) is 3.92. The minimum Gasteiger partial charge on any atom is -0.497 e. The number of quaternary nitrogens is 2. The zero-order chi connectivity index (χ0) is 18.6. The average Bonchev–Trinajstić information content (AvgIpc) is 3.18. The maximum Gasteiger partial charge on any atom is 0.231 e. The van der Waals surface area contributed by atoms with Gasteiger partial charge in [0.2, 0.25) is 12.5 Å². The number of hydrogen-bond donors (Lipinski definition) is 2. The van der Waals surface area contributed by atoms with E-state index in [9.17, 15) is 0 Å². The summed E-state index contributed by atoms with van der Waals surface area (Å²) in [4.78, 5) is 3.25. The second kappa shape index (κ2) is 8.06. The van der Waals surface area contributed by atoms with Gasteiger partial charge in [0.25, 0.3) is 0 Å². The van der Waals surface area contributed by atoms with Crippen LogP contribution >= 0.6 is 0 Å². The molecule has 0 unspecified atom stereocenters. The molecule has 0 bridgehead atoms. The summed E-state index contributed by atoms with van der Waals surface area (Å²) in [6, 6.07) is 12.6. The zero-order valence-electron chi connectivity index (χ0n) is 16.0. The molecule has 2 aromatic rings. The Morgan fingerprint density at radius 1 is 0.815 bits per heavy atom. The summed E-state index contributed by atoms with van der Waals surface area (Å²) in [6.45, 7) is 7.05. The summed E-state index contributed by atoms with van der Waals surface area (Å²) in [7, 11) is 3.38. The monoisotopic (exact) mass is 372 g/mol. The highest BCUT2D eigenvalue weighted by atomic mass is 16.7. The molecule has 0 amide bonds. The van der Waals surface area contributed by atoms with Gasteiger partial charge < -0.3 is 28.7 Å². The molecule has 144 valence electrons. The Kier molecular flexibility index (Phi) is 5.36. The van der Waals surface area contributed by atoms with Gasteiger partial charge in [0.05, 0.1) is 14.2 Å². The third-order valence-corrected chi connectivity index (χ3v) is 5.45. The Morgan fingerprint density at radius 3 is 2.11 bits per heavy atom. The van der Waals surface area contributed by atoms with E-state index in [2.05, 4.69) is 24.3 Å². The molecule has 0 radical (unpaired) electrons. The van der Waals surface area contributed by atoms with Crippen molar-refractivity contribution in [3.8, 4) is 23.0 Å². The number of methoxy groups -OCH3 is 2. The van der Waals surface area contributed by atoms with E-state index < -0.39 is 0 Å². The van der Waals surface area contributed by atoms with Gasteiger partial charge in [0, 0.05) is 11.1 Å². The van der Waals surface area contributed by atoms with Gasteiger partial charge >= 0.3 is 0 Å². The van der Waals surface area contributed by atoms with Crippen LogP contribution in [0.15, 0.2) is 36.4 Å². The number of ether oxygens (including phenoxy) is 4. The van der Waals surface area contributed by atoms with Crippen LogP contribution in [0.1, 0.15) is 11.1 Å². The van der Waals surface area contributed by atoms with Crippen molar-refractivity contribution >= 4 is 0 Å². The summed E-state index contributed by atoms with van der Waals surface area (Å²) in [5.74, 6) is 3.21. The van der Waals surface area contributed by atoms with Crippen molar-refractivity contribution in [3.05, 3.63) is 47.5 Å². The van der Waals surface area contributed by atoms with E-state index in [1.165, 1.54) is 37.3 Å². The minimum atomic E-state index is 0.273. The predicted octanol–water partition coefficient (Wildman–Crippen LogP) is -0.0839. The first-order valence-corrected chi connectivity index (χ1v) is 9.51. The SMILES string of the molecule is COc1ccc(C[NH+]2CC[NH+](Cc3cc(OC)c4c(c3)OCO4)CC2)cc1. The van der Waals surface area contributed by atoms with Crippen molar-refractivity contribution in [2.75, 3.05) is 47.2 Å². The maximum atomic E-state index is 5.55. The van der Waals surface area contributed by atoms with Gasteiger partial charge in [-0.2, -0.15) is 0 Å². The summed E-state index contributed by atoms with van der Waals surface area (Å²) in [6.07, 6.45) is 0. The van der Waals surface area contributed by atoms with Gasteiger partial charge in [-0.25, -0.2) is 0 Å². The number of hydrogen-bond acceptors (Lipinski definition) is 4. The van der Waals surface area contributed by atoms with E-state index in [0.717, 1.165) is 36.1 Å². The van der Waals surface area contributed by atoms with Crippen LogP contribution < -0.4 is 28.7 Å². The molecule has 0 spiro atoms. The maximum absolute atomic E-state index is 5.55. The number of nitrogens with one attached hydrogen (secondary N) is 2. The summed E-state index contributed by atoms with van der Waals surface area (Å²) < 4.78 is 21.7. The standard InChI is InChI=1S/C21H26N2O4/c1-24-18-5-3-16(4-6-18)13-22-7-9-23(10-8-22)14-17-11-19(25-2)21-20(12-17)26-15-27-21/h3-6,11-12H,7-10,13-15H2,1-2H3/p+2. The van der Waals surface area contributed by atoms with Gasteiger partial charge in [0.15, 0.2) is 11.5 Å². The lowest BCUT2D eigenvalue weighted by molar-refractivity contribution is -1.02. The van der Waals surface area contributed by atoms with Crippen molar-refractivity contribution in [2.45, 2.75) is 13.1 Å². The second-order valence-corrected chi connectivity index (χ2v) is 7.23. The average molecular weight is 372 g/mol. The molecule has 2 heterocycles. The van der Waals surface area contributed by atoms with Gasteiger partial charge in [0.1, 0.15) is 45.0 Å². The molecule has 2 aliphatic rings. The molecule has 4 rings (SSSR count). The molecule has 6 heteroatoms. The van der Waals surface area contributed by atoms with Crippen LogP contribution in [-0.4, -0.2) is 47.2 Å². The molecule has 2 aromatic carbocycles. The molecule has 0 aliphatic carbocycles. The largest absolute Gasteiger partial charge is 0.497 e. The van der Waals surface area contributed by atoms with Crippen molar-refractivity contribution in [3.63, 3.8) is 0 Å². The smallest absolute Gasteiger partial charge is 0.231 e. The van der Waals surface area contributed by atoms with Crippen LogP contribution in [0.25, 0.3) is 0 Å². The Labute approximate surface area is 160 Å². The molecule has 2 N–H and O–H groups in total. The van der Waals surface area contributed by atoms with E-state index in [1.54, 1.807) is 24.0 Å². The number of rotatable bonds is 6. The summed E-state index contributed by atoms with van der Waals surface area (Å²) in [5.41, 5.74) is 2.61. The Hall–Kier alpha value is -2.44. The molecule has 6 nitrogen and oxygen atoms in total. The molecule has 0 aromatic heterocycles. The van der Waals surface area contributed by atoms with Crippen LogP contribution in [0.2, 0.25) is 0 Å². The highest BCUT2D eigenvalue weighted by Crippen LogP contribution is 2.41. The first kappa shape index (κ1) is 17.9. The quantitative estimate of drug-likeness (QED) is 0.745. The lowest BCUT2D eigenvalue weighted by Gasteiger charge is -2.30. The second-order valence-electron chi connectivity index (χ2n) is 7.23. The molecule has 0 saturated carbocycles. The van der Waals surface area contributed by atoms with Crippen LogP contribution in [-0.2, 0) is 13.1 Å². The van der Waals surface area contributed by atoms with Crippen LogP contribution in [0, 0.1) is 0 Å². The summed E-state index contributed by atoms with van der Waals surface area (Å²) in [5, 5.41) is 0. The van der Waals surface area contributed by atoms with Gasteiger partial charge in [-0.15, -0.1) is 0 Å². The van der Waals surface area contributed by atoms with E-state index >= 15 is 0 Å². The zero-order valence-corrected chi connectivity index (χ0v) is 16.0. The Balaban J connectivity index is 1.32. The Bertz CT molecular complexity index is 770. The Morgan fingerprint density at radius 2 is 1.48 bits per heavy atom. The first-order valence-electron chi connectivity index (χ1n) is 9.51. The van der Waals surface area contributed by atoms with E-state index in [-0.39, 0.29) is 6.79 Å². The van der Waals surface area contributed by atoms with Crippen molar-refractivity contribution in [2.24, 2.45) is 0 Å². The molecule has 2 aliphatic heterocycles. The van der Waals surface area contributed by atoms with E-state index in [1.807, 2.05) is 12.1 Å². The lowest BCUT2D eigenvalue weighted by atomic mass is 10.1. The van der Waals surface area contributed by atoms with E-state index in [4.69, 9.17) is 18.9 Å². The first-order chi connectivity index (χ1) is 13.2. The van der Waals surface area contributed by atoms with Gasteiger partial charge in [-0.05, 0) is 36.4 Å². The normalized spacial score (nSPS) is 21.1. The fourth-order valence-electron chi connectivity index (χ4n) is 3.92. The highest BCUT2D eigenvalue weighted by molar-refractivity contribution is 5.54. The number of piperazine rings is 1. The topological polar surface area (TPSA) is 45.8 Å². The number of benzene rings is 2. The fraction of sp³-hybridized carbons (Fsp3) is 0.429. The van der Waals surface area contributed by atoms with Crippen LogP contribution in [0.5, 0.6) is 23.0 Å². The molecule has 1 fully saturated rings. The van der Waals surface area contributed by atoms with Crippen molar-refractivity contribution in [1.82, 2.24) is 0 Å². The van der Waals surface area contributed by atoms with Gasteiger partial charge in [-0.1, -0.05) is 0 Å². The molecule has 0 atom stereocenters. The molecule has 27 heavy (non-hydrogen) atoms. The number of fused-ring (bicyclic) bond motifs is 1.